The standard InChI is InChI=1S/C17H14F4N4O5S/c18-13-3-11(2-1-10(13)4-22)30-14-7-25(8-16(14,27)9-26)31(28,29)12-5-23-15(24-6-12)17(19,20)21/h1-3,5-6,14,26-27H,7-9H2/t14?,16-/m1/s1. The molecule has 0 bridgehead atoms. The van der Waals surface area contributed by atoms with Crippen molar-refractivity contribution in [1.82, 2.24) is 14.3 Å². The molecule has 1 aromatic heterocycles. The maximum atomic E-state index is 13.8. The fourth-order valence-corrected chi connectivity index (χ4v) is 4.27. The molecule has 3 rings (SSSR count). The molecule has 1 aliphatic rings. The highest BCUT2D eigenvalue weighted by atomic mass is 32.2. The fourth-order valence-electron chi connectivity index (χ4n) is 2.88. The second-order valence-electron chi connectivity index (χ2n) is 6.66. The summed E-state index contributed by atoms with van der Waals surface area (Å²) in [7, 11) is -4.45. The number of benzene rings is 1. The molecule has 0 radical (unpaired) electrons. The van der Waals surface area contributed by atoms with Crippen LogP contribution in [-0.4, -0.2) is 64.3 Å². The van der Waals surface area contributed by atoms with Gasteiger partial charge in [0.15, 0.2) is 0 Å². The lowest BCUT2D eigenvalue weighted by molar-refractivity contribution is -0.145. The van der Waals surface area contributed by atoms with Crippen LogP contribution in [-0.2, 0) is 16.2 Å². The summed E-state index contributed by atoms with van der Waals surface area (Å²) in [6, 6.07) is 4.81. The van der Waals surface area contributed by atoms with Crippen molar-refractivity contribution in [2.75, 3.05) is 19.7 Å². The highest BCUT2D eigenvalue weighted by Crippen LogP contribution is 2.31. The van der Waals surface area contributed by atoms with Crippen LogP contribution < -0.4 is 4.74 Å². The van der Waals surface area contributed by atoms with Crippen molar-refractivity contribution in [1.29, 1.82) is 5.26 Å². The number of β-amino-alcohol motifs (C(OH)–C–C–N with tert-alkyl or cyclic N) is 1. The molecule has 0 saturated carbocycles. The van der Waals surface area contributed by atoms with Gasteiger partial charge in [-0.05, 0) is 12.1 Å². The van der Waals surface area contributed by atoms with Crippen LogP contribution >= 0.6 is 0 Å². The zero-order valence-electron chi connectivity index (χ0n) is 15.4. The van der Waals surface area contributed by atoms with Crippen molar-refractivity contribution < 1.29 is 40.9 Å². The smallest absolute Gasteiger partial charge is 0.451 e. The Morgan fingerprint density at radius 1 is 1.32 bits per heavy atom. The molecule has 2 N–H and O–H groups in total. The SMILES string of the molecule is N#Cc1ccc(OC2CN(S(=O)(=O)c3cnc(C(F)(F)F)nc3)C[C@@]2(O)CO)cc1F. The van der Waals surface area contributed by atoms with Crippen molar-refractivity contribution in [3.05, 3.63) is 47.8 Å². The Hall–Kier alpha value is -2.86. The van der Waals surface area contributed by atoms with E-state index in [1.54, 1.807) is 6.07 Å². The molecule has 1 aromatic carbocycles. The van der Waals surface area contributed by atoms with Gasteiger partial charge in [-0.3, -0.25) is 0 Å². The van der Waals surface area contributed by atoms with Gasteiger partial charge in [0.25, 0.3) is 0 Å². The topological polar surface area (TPSA) is 137 Å². The molecule has 9 nitrogen and oxygen atoms in total. The number of halogens is 4. The Kier molecular flexibility index (Phi) is 5.89. The number of alkyl halides is 3. The number of aliphatic hydroxyl groups is 2. The van der Waals surface area contributed by atoms with E-state index in [2.05, 4.69) is 9.97 Å². The monoisotopic (exact) mass is 462 g/mol. The molecule has 0 amide bonds. The van der Waals surface area contributed by atoms with Gasteiger partial charge in [-0.2, -0.15) is 22.7 Å². The largest absolute Gasteiger partial charge is 0.486 e. The second kappa shape index (κ2) is 8.00. The van der Waals surface area contributed by atoms with E-state index >= 15 is 0 Å². The van der Waals surface area contributed by atoms with Gasteiger partial charge in [0.2, 0.25) is 15.8 Å². The summed E-state index contributed by atoms with van der Waals surface area (Å²) in [4.78, 5) is 5.35. The summed E-state index contributed by atoms with van der Waals surface area (Å²) < 4.78 is 83.2. The minimum absolute atomic E-state index is 0.134. The Morgan fingerprint density at radius 3 is 2.48 bits per heavy atom. The molecule has 1 aliphatic heterocycles. The first-order valence-electron chi connectivity index (χ1n) is 8.49. The van der Waals surface area contributed by atoms with Crippen LogP contribution in [0.4, 0.5) is 17.6 Å². The lowest BCUT2D eigenvalue weighted by Crippen LogP contribution is -2.48. The van der Waals surface area contributed by atoms with Gasteiger partial charge in [0.05, 0.1) is 31.1 Å². The quantitative estimate of drug-likeness (QED) is 0.619. The Labute approximate surface area is 173 Å². The highest BCUT2D eigenvalue weighted by molar-refractivity contribution is 7.89. The molecule has 14 heteroatoms. The third-order valence-corrected chi connectivity index (χ3v) is 6.32. The summed E-state index contributed by atoms with van der Waals surface area (Å²) in [5.74, 6) is -2.56. The van der Waals surface area contributed by atoms with Crippen molar-refractivity contribution in [2.45, 2.75) is 22.8 Å². The van der Waals surface area contributed by atoms with Crippen molar-refractivity contribution >= 4 is 10.0 Å². The van der Waals surface area contributed by atoms with Gasteiger partial charge in [-0.1, -0.05) is 0 Å². The van der Waals surface area contributed by atoms with Gasteiger partial charge in [0.1, 0.15) is 34.2 Å². The molecular weight excluding hydrogens is 448 g/mol. The molecule has 1 fully saturated rings. The summed E-state index contributed by atoms with van der Waals surface area (Å²) in [6.07, 6.45) is -5.25. The van der Waals surface area contributed by atoms with E-state index in [9.17, 15) is 36.2 Å². The van der Waals surface area contributed by atoms with Gasteiger partial charge < -0.3 is 14.9 Å². The number of hydrogen-bond donors (Lipinski definition) is 2. The summed E-state index contributed by atoms with van der Waals surface area (Å²) >= 11 is 0. The number of sulfonamides is 1. The third-order valence-electron chi connectivity index (χ3n) is 4.55. The van der Waals surface area contributed by atoms with Crippen LogP contribution in [0, 0.1) is 17.1 Å². The van der Waals surface area contributed by atoms with E-state index in [-0.39, 0.29) is 11.3 Å². The number of nitriles is 1. The predicted molar refractivity (Wildman–Crippen MR) is 93.4 cm³/mol. The first-order valence-corrected chi connectivity index (χ1v) is 9.93. The van der Waals surface area contributed by atoms with Crippen LogP contribution in [0.3, 0.4) is 0 Å². The Morgan fingerprint density at radius 2 is 1.97 bits per heavy atom. The van der Waals surface area contributed by atoms with E-state index in [0.29, 0.717) is 16.7 Å². The van der Waals surface area contributed by atoms with Crippen molar-refractivity contribution in [3.8, 4) is 11.8 Å². The van der Waals surface area contributed by atoms with Crippen LogP contribution in [0.15, 0.2) is 35.5 Å². The third kappa shape index (κ3) is 4.44. The number of aliphatic hydroxyl groups excluding tert-OH is 1. The lowest BCUT2D eigenvalue weighted by atomic mass is 10.0. The van der Waals surface area contributed by atoms with E-state index in [4.69, 9.17) is 10.00 Å². The van der Waals surface area contributed by atoms with E-state index in [1.807, 2.05) is 0 Å². The Balaban J connectivity index is 1.85. The van der Waals surface area contributed by atoms with Crippen LogP contribution in [0.1, 0.15) is 11.4 Å². The lowest BCUT2D eigenvalue weighted by Gasteiger charge is -2.27. The minimum atomic E-state index is -4.86. The molecule has 2 atom stereocenters. The van der Waals surface area contributed by atoms with Gasteiger partial charge in [-0.15, -0.1) is 0 Å². The summed E-state index contributed by atoms with van der Waals surface area (Å²) in [6.45, 7) is -2.09. The van der Waals surface area contributed by atoms with Gasteiger partial charge in [0, 0.05) is 12.6 Å². The average molecular weight is 462 g/mol. The molecule has 1 unspecified atom stereocenters. The number of aromatic nitrogens is 2. The summed E-state index contributed by atoms with van der Waals surface area (Å²) in [5, 5.41) is 28.9. The van der Waals surface area contributed by atoms with Gasteiger partial charge >= 0.3 is 6.18 Å². The minimum Gasteiger partial charge on any atom is -0.486 e. The number of nitrogens with zero attached hydrogens (tertiary/aromatic N) is 4. The van der Waals surface area contributed by atoms with Crippen LogP contribution in [0.25, 0.3) is 0 Å². The van der Waals surface area contributed by atoms with E-state index in [1.165, 1.54) is 6.07 Å². The van der Waals surface area contributed by atoms with Crippen molar-refractivity contribution in [2.24, 2.45) is 0 Å². The molecule has 0 spiro atoms. The van der Waals surface area contributed by atoms with Crippen LogP contribution in [0.5, 0.6) is 5.75 Å². The molecule has 166 valence electrons. The molecule has 2 heterocycles. The van der Waals surface area contributed by atoms with E-state index in [0.717, 1.165) is 12.1 Å². The summed E-state index contributed by atoms with van der Waals surface area (Å²) in [5.41, 5.74) is -2.35. The zero-order valence-corrected chi connectivity index (χ0v) is 16.2. The Bertz CT molecular complexity index is 1120. The normalized spacial score (nSPS) is 22.3. The molecule has 1 saturated heterocycles. The average Bonchev–Trinajstić information content (AvgIpc) is 3.05. The molecule has 31 heavy (non-hydrogen) atoms. The highest BCUT2D eigenvalue weighted by Gasteiger charge is 2.51. The van der Waals surface area contributed by atoms with E-state index < -0.39 is 64.1 Å². The molecule has 2 aromatic rings. The molecular formula is C17H14F4N4O5S. The number of hydrogen-bond acceptors (Lipinski definition) is 8. The predicted octanol–water partition coefficient (Wildman–Crippen LogP) is 0.681. The number of ether oxygens (including phenoxy) is 1. The maximum absolute atomic E-state index is 13.8. The first-order chi connectivity index (χ1) is 14.4. The fraction of sp³-hybridized carbons (Fsp3) is 0.353. The second-order valence-corrected chi connectivity index (χ2v) is 8.60. The van der Waals surface area contributed by atoms with Crippen molar-refractivity contribution in [3.63, 3.8) is 0 Å². The van der Waals surface area contributed by atoms with Gasteiger partial charge in [-0.25, -0.2) is 22.8 Å². The van der Waals surface area contributed by atoms with Crippen LogP contribution in [0.2, 0.25) is 0 Å². The first kappa shape index (κ1) is 22.8. The number of rotatable bonds is 5. The zero-order chi connectivity index (χ0) is 23.0. The maximum Gasteiger partial charge on any atom is 0.451 e. The molecule has 0 aliphatic carbocycles.